The summed E-state index contributed by atoms with van der Waals surface area (Å²) in [4.78, 5) is 0. The summed E-state index contributed by atoms with van der Waals surface area (Å²) in [7, 11) is 1.61. The third-order valence-electron chi connectivity index (χ3n) is 2.24. The van der Waals surface area contributed by atoms with Gasteiger partial charge in [-0.15, -0.1) is 0 Å². The molecular formula is C13H12INO2. The lowest BCUT2D eigenvalue weighted by Crippen LogP contribution is -1.93. The van der Waals surface area contributed by atoms with Crippen LogP contribution in [-0.2, 0) is 0 Å². The molecule has 2 aromatic carbocycles. The number of benzene rings is 2. The Labute approximate surface area is 114 Å². The van der Waals surface area contributed by atoms with Gasteiger partial charge in [-0.1, -0.05) is 6.07 Å². The van der Waals surface area contributed by atoms with Gasteiger partial charge >= 0.3 is 0 Å². The Hall–Kier alpha value is -1.43. The van der Waals surface area contributed by atoms with Gasteiger partial charge in [-0.2, -0.15) is 0 Å². The van der Waals surface area contributed by atoms with Crippen molar-refractivity contribution in [1.29, 1.82) is 0 Å². The van der Waals surface area contributed by atoms with Crippen molar-refractivity contribution >= 4 is 28.3 Å². The zero-order chi connectivity index (χ0) is 12.3. The van der Waals surface area contributed by atoms with E-state index in [2.05, 4.69) is 22.6 Å². The largest absolute Gasteiger partial charge is 0.497 e. The molecule has 2 aromatic rings. The number of hydrogen-bond acceptors (Lipinski definition) is 3. The van der Waals surface area contributed by atoms with Gasteiger partial charge in [-0.05, 0) is 52.9 Å². The van der Waals surface area contributed by atoms with Crippen LogP contribution in [0.25, 0.3) is 0 Å². The van der Waals surface area contributed by atoms with Gasteiger partial charge in [-0.25, -0.2) is 0 Å². The van der Waals surface area contributed by atoms with Crippen molar-refractivity contribution < 1.29 is 9.47 Å². The molecule has 0 aromatic heterocycles. The smallest absolute Gasteiger partial charge is 0.150 e. The fourth-order valence-corrected chi connectivity index (χ4v) is 1.92. The third-order valence-corrected chi connectivity index (χ3v) is 2.91. The molecule has 0 radical (unpaired) electrons. The van der Waals surface area contributed by atoms with Crippen LogP contribution in [0.4, 0.5) is 5.69 Å². The minimum Gasteiger partial charge on any atom is -0.497 e. The van der Waals surface area contributed by atoms with E-state index in [1.807, 2.05) is 30.3 Å². The van der Waals surface area contributed by atoms with Crippen molar-refractivity contribution in [3.8, 4) is 17.2 Å². The van der Waals surface area contributed by atoms with Gasteiger partial charge in [-0.3, -0.25) is 0 Å². The van der Waals surface area contributed by atoms with Gasteiger partial charge in [0.1, 0.15) is 11.5 Å². The zero-order valence-electron chi connectivity index (χ0n) is 9.31. The minimum atomic E-state index is 0.559. The second kappa shape index (κ2) is 5.27. The van der Waals surface area contributed by atoms with Crippen molar-refractivity contribution in [3.63, 3.8) is 0 Å². The fourth-order valence-electron chi connectivity index (χ4n) is 1.40. The molecule has 0 unspecified atom stereocenters. The van der Waals surface area contributed by atoms with Crippen LogP contribution in [0.2, 0.25) is 0 Å². The molecule has 0 bridgehead atoms. The molecule has 0 spiro atoms. The monoisotopic (exact) mass is 341 g/mol. The van der Waals surface area contributed by atoms with Crippen LogP contribution >= 0.6 is 22.6 Å². The summed E-state index contributed by atoms with van der Waals surface area (Å²) in [5.41, 5.74) is 6.43. The Morgan fingerprint density at radius 3 is 2.53 bits per heavy atom. The topological polar surface area (TPSA) is 44.5 Å². The Morgan fingerprint density at radius 2 is 1.88 bits per heavy atom. The van der Waals surface area contributed by atoms with Crippen LogP contribution in [0.15, 0.2) is 42.5 Å². The Bertz CT molecular complexity index is 529. The van der Waals surface area contributed by atoms with Crippen molar-refractivity contribution in [2.24, 2.45) is 0 Å². The summed E-state index contributed by atoms with van der Waals surface area (Å²) in [5.74, 6) is 2.12. The maximum Gasteiger partial charge on any atom is 0.150 e. The zero-order valence-corrected chi connectivity index (χ0v) is 11.5. The van der Waals surface area contributed by atoms with E-state index < -0.39 is 0 Å². The van der Waals surface area contributed by atoms with Crippen LogP contribution in [0.1, 0.15) is 0 Å². The number of ether oxygens (including phenoxy) is 2. The van der Waals surface area contributed by atoms with Crippen molar-refractivity contribution in [2.75, 3.05) is 12.8 Å². The van der Waals surface area contributed by atoms with Crippen molar-refractivity contribution in [3.05, 3.63) is 46.0 Å². The highest BCUT2D eigenvalue weighted by Gasteiger charge is 2.04. The van der Waals surface area contributed by atoms with Gasteiger partial charge in [0.2, 0.25) is 0 Å². The van der Waals surface area contributed by atoms with E-state index in [0.717, 1.165) is 15.1 Å². The first-order valence-corrected chi connectivity index (χ1v) is 6.14. The first kappa shape index (κ1) is 12.0. The van der Waals surface area contributed by atoms with E-state index in [1.165, 1.54) is 0 Å². The number of methoxy groups -OCH3 is 1. The SMILES string of the molecule is COc1ccc(Oc2cccc(I)c2)c(N)c1. The van der Waals surface area contributed by atoms with Crippen LogP contribution in [-0.4, -0.2) is 7.11 Å². The normalized spacial score (nSPS) is 10.0. The lowest BCUT2D eigenvalue weighted by atomic mass is 10.2. The first-order chi connectivity index (χ1) is 8.19. The number of nitrogens with two attached hydrogens (primary N) is 1. The molecule has 0 aliphatic rings. The predicted octanol–water partition coefficient (Wildman–Crippen LogP) is 3.67. The second-order valence-electron chi connectivity index (χ2n) is 3.46. The quantitative estimate of drug-likeness (QED) is 0.684. The predicted molar refractivity (Wildman–Crippen MR) is 76.6 cm³/mol. The molecule has 4 heteroatoms. The first-order valence-electron chi connectivity index (χ1n) is 5.06. The summed E-state index contributed by atoms with van der Waals surface area (Å²) >= 11 is 2.24. The Balaban J connectivity index is 2.24. The van der Waals surface area contributed by atoms with E-state index in [-0.39, 0.29) is 0 Å². The van der Waals surface area contributed by atoms with E-state index in [4.69, 9.17) is 15.2 Å². The highest BCUT2D eigenvalue weighted by Crippen LogP contribution is 2.30. The lowest BCUT2D eigenvalue weighted by Gasteiger charge is -2.09. The molecule has 3 nitrogen and oxygen atoms in total. The molecule has 88 valence electrons. The Morgan fingerprint density at radius 1 is 1.06 bits per heavy atom. The van der Waals surface area contributed by atoms with E-state index in [1.54, 1.807) is 19.2 Å². The molecule has 0 heterocycles. The standard InChI is InChI=1S/C13H12INO2/c1-16-10-5-6-13(12(15)8-10)17-11-4-2-3-9(14)7-11/h2-8H,15H2,1H3. The maximum atomic E-state index is 5.88. The molecule has 0 aliphatic heterocycles. The number of hydrogen-bond donors (Lipinski definition) is 1. The Kier molecular flexibility index (Phi) is 3.73. The number of anilines is 1. The van der Waals surface area contributed by atoms with E-state index in [9.17, 15) is 0 Å². The number of halogens is 1. The van der Waals surface area contributed by atoms with Gasteiger partial charge < -0.3 is 15.2 Å². The summed E-state index contributed by atoms with van der Waals surface area (Å²) in [6, 6.07) is 13.1. The summed E-state index contributed by atoms with van der Waals surface area (Å²) in [5, 5.41) is 0. The van der Waals surface area contributed by atoms with Crippen LogP contribution in [0, 0.1) is 3.57 Å². The molecule has 0 aliphatic carbocycles. The van der Waals surface area contributed by atoms with Crippen LogP contribution in [0.5, 0.6) is 17.2 Å². The van der Waals surface area contributed by atoms with Crippen LogP contribution in [0.3, 0.4) is 0 Å². The lowest BCUT2D eigenvalue weighted by molar-refractivity contribution is 0.413. The molecule has 2 N–H and O–H groups in total. The van der Waals surface area contributed by atoms with Gasteiger partial charge in [0, 0.05) is 9.64 Å². The summed E-state index contributed by atoms with van der Waals surface area (Å²) in [6.07, 6.45) is 0. The van der Waals surface area contributed by atoms with Crippen molar-refractivity contribution in [1.82, 2.24) is 0 Å². The average Bonchev–Trinajstić information content (AvgIpc) is 2.32. The molecule has 0 fully saturated rings. The molecular weight excluding hydrogens is 329 g/mol. The van der Waals surface area contributed by atoms with Gasteiger partial charge in [0.15, 0.2) is 5.75 Å². The number of rotatable bonds is 3. The summed E-state index contributed by atoms with van der Waals surface area (Å²) in [6.45, 7) is 0. The second-order valence-corrected chi connectivity index (χ2v) is 4.71. The summed E-state index contributed by atoms with van der Waals surface area (Å²) < 4.78 is 11.9. The molecule has 0 amide bonds. The molecule has 0 saturated heterocycles. The number of nitrogen functional groups attached to an aromatic ring is 1. The van der Waals surface area contributed by atoms with E-state index >= 15 is 0 Å². The highest BCUT2D eigenvalue weighted by atomic mass is 127. The van der Waals surface area contributed by atoms with Gasteiger partial charge in [0.05, 0.1) is 12.8 Å². The maximum absolute atomic E-state index is 5.88. The molecule has 2 rings (SSSR count). The molecule has 0 saturated carbocycles. The van der Waals surface area contributed by atoms with Gasteiger partial charge in [0.25, 0.3) is 0 Å². The molecule has 17 heavy (non-hydrogen) atoms. The minimum absolute atomic E-state index is 0.559. The van der Waals surface area contributed by atoms with Crippen LogP contribution < -0.4 is 15.2 Å². The molecule has 0 atom stereocenters. The van der Waals surface area contributed by atoms with E-state index in [0.29, 0.717) is 11.4 Å². The third kappa shape index (κ3) is 3.03. The highest BCUT2D eigenvalue weighted by molar-refractivity contribution is 14.1. The van der Waals surface area contributed by atoms with Crippen molar-refractivity contribution in [2.45, 2.75) is 0 Å². The average molecular weight is 341 g/mol. The fraction of sp³-hybridized carbons (Fsp3) is 0.0769.